The highest BCUT2D eigenvalue weighted by Gasteiger charge is 2.54. The summed E-state index contributed by atoms with van der Waals surface area (Å²) >= 11 is 0. The number of methoxy groups -OCH3 is 1. The Balaban J connectivity index is 2.18. The molecular formula is C18H34O12. The molecule has 0 aromatic rings. The van der Waals surface area contributed by atoms with Gasteiger partial charge in [0.25, 0.3) is 0 Å². The highest BCUT2D eigenvalue weighted by atomic mass is 16.6. The molecule has 2 heterocycles. The summed E-state index contributed by atoms with van der Waals surface area (Å²) in [7, 11) is 1.28. The third-order valence-corrected chi connectivity index (χ3v) is 5.88. The van der Waals surface area contributed by atoms with E-state index in [9.17, 15) is 35.7 Å². The van der Waals surface area contributed by atoms with Crippen LogP contribution in [-0.4, -0.2) is 141 Å². The van der Waals surface area contributed by atoms with Crippen LogP contribution in [0.1, 0.15) is 13.8 Å². The number of rotatable bonds is 8. The predicted molar refractivity (Wildman–Crippen MR) is 98.4 cm³/mol. The predicted octanol–water partition coefficient (Wildman–Crippen LogP) is -4.52. The van der Waals surface area contributed by atoms with Crippen molar-refractivity contribution in [3.63, 3.8) is 0 Å². The molecule has 12 atom stereocenters. The lowest BCUT2D eigenvalue weighted by molar-refractivity contribution is -0.309. The Morgan fingerprint density at radius 2 is 1.57 bits per heavy atom. The highest BCUT2D eigenvalue weighted by Crippen LogP contribution is 2.34. The monoisotopic (exact) mass is 442 g/mol. The molecule has 2 rings (SSSR count). The lowest BCUT2D eigenvalue weighted by Crippen LogP contribution is -2.68. The van der Waals surface area contributed by atoms with Crippen LogP contribution in [0.25, 0.3) is 0 Å². The maximum absolute atomic E-state index is 10.5. The Hall–Kier alpha value is -0.480. The molecule has 8 N–H and O–H groups in total. The fourth-order valence-electron chi connectivity index (χ4n) is 3.87. The van der Waals surface area contributed by atoms with Gasteiger partial charge >= 0.3 is 0 Å². The van der Waals surface area contributed by atoms with E-state index in [0.29, 0.717) is 0 Å². The van der Waals surface area contributed by atoms with Gasteiger partial charge in [-0.05, 0) is 13.8 Å². The largest absolute Gasteiger partial charge is 0.394 e. The summed E-state index contributed by atoms with van der Waals surface area (Å²) in [6, 6.07) is 0. The van der Waals surface area contributed by atoms with Gasteiger partial charge in [-0.3, -0.25) is 0 Å². The van der Waals surface area contributed by atoms with E-state index in [1.54, 1.807) is 0 Å². The van der Waals surface area contributed by atoms with Crippen molar-refractivity contribution in [2.24, 2.45) is 0 Å². The average Bonchev–Trinajstić information content (AvgIpc) is 2.73. The Morgan fingerprint density at radius 3 is 2.10 bits per heavy atom. The number of hydrogen-bond acceptors (Lipinski definition) is 12. The second kappa shape index (κ2) is 10.4. The van der Waals surface area contributed by atoms with Crippen molar-refractivity contribution < 1.29 is 59.8 Å². The summed E-state index contributed by atoms with van der Waals surface area (Å²) < 4.78 is 21.8. The highest BCUT2D eigenvalue weighted by molar-refractivity contribution is 5.02. The first-order valence-electron chi connectivity index (χ1n) is 9.80. The van der Waals surface area contributed by atoms with E-state index in [0.717, 1.165) is 0 Å². The van der Waals surface area contributed by atoms with E-state index in [1.165, 1.54) is 21.0 Å². The number of ether oxygens (including phenoxy) is 4. The minimum atomic E-state index is -1.64. The van der Waals surface area contributed by atoms with Crippen LogP contribution in [0.15, 0.2) is 0 Å². The van der Waals surface area contributed by atoms with Crippen molar-refractivity contribution in [2.75, 3.05) is 26.9 Å². The molecule has 2 aliphatic rings. The van der Waals surface area contributed by atoms with Gasteiger partial charge in [0.15, 0.2) is 0 Å². The Morgan fingerprint density at radius 1 is 0.933 bits per heavy atom. The fraction of sp³-hybridized carbons (Fsp3) is 1.00. The van der Waals surface area contributed by atoms with Gasteiger partial charge in [0, 0.05) is 7.11 Å². The molecule has 12 heteroatoms. The molecule has 0 aromatic heterocycles. The van der Waals surface area contributed by atoms with E-state index in [-0.39, 0.29) is 0 Å². The van der Waals surface area contributed by atoms with Crippen molar-refractivity contribution in [3.05, 3.63) is 0 Å². The third-order valence-electron chi connectivity index (χ3n) is 5.88. The maximum Gasteiger partial charge on any atom is 0.118 e. The minimum Gasteiger partial charge on any atom is -0.394 e. The molecule has 12 nitrogen and oxygen atoms in total. The smallest absolute Gasteiger partial charge is 0.118 e. The van der Waals surface area contributed by atoms with E-state index < -0.39 is 92.6 Å². The van der Waals surface area contributed by atoms with Crippen molar-refractivity contribution >= 4 is 0 Å². The average molecular weight is 442 g/mol. The quantitative estimate of drug-likeness (QED) is 0.179. The van der Waals surface area contributed by atoms with Crippen molar-refractivity contribution in [2.45, 2.75) is 86.6 Å². The molecule has 178 valence electrons. The number of aliphatic hydroxyl groups is 8. The van der Waals surface area contributed by atoms with Crippen LogP contribution in [0.2, 0.25) is 0 Å². The van der Waals surface area contributed by atoms with Gasteiger partial charge < -0.3 is 59.8 Å². The van der Waals surface area contributed by atoms with Gasteiger partial charge in [-0.1, -0.05) is 0 Å². The molecule has 0 bridgehead atoms. The Kier molecular flexibility index (Phi) is 8.96. The van der Waals surface area contributed by atoms with Gasteiger partial charge in [0.1, 0.15) is 66.6 Å². The standard InChI is InChI=1S/C18H34O12/c1-7-10(22)16(13(25)14(29-7)8(21)4-19)28-6-18(2)17(26)12(24)11(23)15(30-18)9(5-20)27-3/h7-17,19-26H,4-6H2,1-3H3/t7?,8-,9-,10?,11+,12?,13-,14?,15?,16?,17?,18+/m1/s1. The first-order chi connectivity index (χ1) is 14.0. The molecule has 0 amide bonds. The second-order valence-electron chi connectivity index (χ2n) is 8.09. The summed E-state index contributed by atoms with van der Waals surface area (Å²) in [4.78, 5) is 0. The SMILES string of the molecule is CO[C@H](CO)C1O[C@@](C)(COC2C(O)C(C)OC([C@H](O)CO)[C@H]2O)C(O)C(O)[C@@H]1O. The summed E-state index contributed by atoms with van der Waals surface area (Å²) in [6.07, 6.45) is -14.6. The Bertz CT molecular complexity index is 533. The van der Waals surface area contributed by atoms with E-state index in [1.807, 2.05) is 0 Å². The molecule has 30 heavy (non-hydrogen) atoms. The van der Waals surface area contributed by atoms with E-state index in [2.05, 4.69) is 0 Å². The molecule has 2 aliphatic heterocycles. The zero-order valence-corrected chi connectivity index (χ0v) is 17.2. The first-order valence-corrected chi connectivity index (χ1v) is 9.80. The zero-order chi connectivity index (χ0) is 22.8. The van der Waals surface area contributed by atoms with Gasteiger partial charge in [-0.25, -0.2) is 0 Å². The molecule has 0 saturated carbocycles. The van der Waals surface area contributed by atoms with Gasteiger partial charge in [-0.2, -0.15) is 0 Å². The minimum absolute atomic E-state index is 0.441. The summed E-state index contributed by atoms with van der Waals surface area (Å²) in [5.74, 6) is 0. The summed E-state index contributed by atoms with van der Waals surface area (Å²) in [5, 5.41) is 80.3. The van der Waals surface area contributed by atoms with E-state index >= 15 is 0 Å². The second-order valence-corrected chi connectivity index (χ2v) is 8.09. The maximum atomic E-state index is 10.5. The first kappa shape index (κ1) is 25.8. The molecular weight excluding hydrogens is 408 g/mol. The summed E-state index contributed by atoms with van der Waals surface area (Å²) in [6.45, 7) is 1.25. The molecule has 0 radical (unpaired) electrons. The third kappa shape index (κ3) is 4.95. The Labute approximate surface area is 174 Å². The topological polar surface area (TPSA) is 199 Å². The molecule has 0 spiro atoms. The summed E-state index contributed by atoms with van der Waals surface area (Å²) in [5.41, 5.74) is -1.61. The van der Waals surface area contributed by atoms with Crippen molar-refractivity contribution in [3.8, 4) is 0 Å². The van der Waals surface area contributed by atoms with Crippen LogP contribution in [0, 0.1) is 0 Å². The van der Waals surface area contributed by atoms with Crippen molar-refractivity contribution in [1.82, 2.24) is 0 Å². The van der Waals surface area contributed by atoms with Crippen molar-refractivity contribution in [1.29, 1.82) is 0 Å². The number of aliphatic hydroxyl groups excluding tert-OH is 8. The van der Waals surface area contributed by atoms with Gasteiger partial charge in [0.2, 0.25) is 0 Å². The van der Waals surface area contributed by atoms with Gasteiger partial charge in [0.05, 0.1) is 25.9 Å². The lowest BCUT2D eigenvalue weighted by Gasteiger charge is -2.49. The molecule has 0 aromatic carbocycles. The van der Waals surface area contributed by atoms with E-state index in [4.69, 9.17) is 24.1 Å². The van der Waals surface area contributed by atoms with Crippen LogP contribution in [0.3, 0.4) is 0 Å². The van der Waals surface area contributed by atoms with Crippen LogP contribution >= 0.6 is 0 Å². The normalized spacial score (nSPS) is 47.1. The fourth-order valence-corrected chi connectivity index (χ4v) is 3.87. The molecule has 7 unspecified atom stereocenters. The van der Waals surface area contributed by atoms with Crippen LogP contribution < -0.4 is 0 Å². The lowest BCUT2D eigenvalue weighted by atomic mass is 9.84. The number of hydrogen-bond donors (Lipinski definition) is 8. The van der Waals surface area contributed by atoms with Gasteiger partial charge in [-0.15, -0.1) is 0 Å². The zero-order valence-electron chi connectivity index (χ0n) is 17.2. The molecule has 2 fully saturated rings. The van der Waals surface area contributed by atoms with Crippen LogP contribution in [0.4, 0.5) is 0 Å². The molecule has 0 aliphatic carbocycles. The molecule has 2 saturated heterocycles. The van der Waals surface area contributed by atoms with Crippen LogP contribution in [0.5, 0.6) is 0 Å². The van der Waals surface area contributed by atoms with Crippen LogP contribution in [-0.2, 0) is 18.9 Å².